The molecule has 0 bridgehead atoms. The Morgan fingerprint density at radius 2 is 2.13 bits per heavy atom. The third-order valence-electron chi connectivity index (χ3n) is 7.05. The first-order valence-electron chi connectivity index (χ1n) is 11.3. The third-order valence-corrected chi connectivity index (χ3v) is 7.05. The summed E-state index contributed by atoms with van der Waals surface area (Å²) in [5.41, 5.74) is 4.37. The molecule has 3 fully saturated rings. The van der Waals surface area contributed by atoms with E-state index >= 15 is 0 Å². The second-order valence-electron chi connectivity index (χ2n) is 8.80. The van der Waals surface area contributed by atoms with Crippen LogP contribution in [0, 0.1) is 11.8 Å². The Hall–Kier alpha value is -2.58. The molecule has 8 nitrogen and oxygen atoms in total. The minimum Gasteiger partial charge on any atom is -0.465 e. The summed E-state index contributed by atoms with van der Waals surface area (Å²) in [6.45, 7) is 8.60. The number of rotatable bonds is 5. The molecule has 0 spiro atoms. The van der Waals surface area contributed by atoms with E-state index in [0.29, 0.717) is 24.8 Å². The predicted octanol–water partition coefficient (Wildman–Crippen LogP) is 2.15. The molecule has 5 rings (SSSR count). The largest absolute Gasteiger partial charge is 0.465 e. The van der Waals surface area contributed by atoms with Crippen molar-refractivity contribution in [1.82, 2.24) is 20.0 Å². The van der Waals surface area contributed by atoms with E-state index in [1.54, 1.807) is 4.90 Å². The van der Waals surface area contributed by atoms with Gasteiger partial charge >= 0.3 is 6.09 Å². The van der Waals surface area contributed by atoms with Crippen molar-refractivity contribution >= 4 is 11.8 Å². The van der Waals surface area contributed by atoms with E-state index in [4.69, 9.17) is 9.84 Å². The average Bonchev–Trinajstić information content (AvgIpc) is 3.50. The van der Waals surface area contributed by atoms with Crippen LogP contribution in [-0.4, -0.2) is 77.9 Å². The molecular formula is C23H31N5O3. The Morgan fingerprint density at radius 1 is 1.29 bits per heavy atom. The van der Waals surface area contributed by atoms with Crippen LogP contribution in [0.5, 0.6) is 0 Å². The lowest BCUT2D eigenvalue weighted by molar-refractivity contribution is 0.122. The molecule has 0 aliphatic carbocycles. The molecule has 1 aromatic carbocycles. The van der Waals surface area contributed by atoms with Crippen LogP contribution in [0.2, 0.25) is 0 Å². The van der Waals surface area contributed by atoms with Crippen molar-refractivity contribution in [3.8, 4) is 11.3 Å². The predicted molar refractivity (Wildman–Crippen MR) is 118 cm³/mol. The molecule has 0 radical (unpaired) electrons. The summed E-state index contributed by atoms with van der Waals surface area (Å²) < 4.78 is 7.46. The molecule has 166 valence electrons. The number of likely N-dealkylation sites (tertiary alicyclic amines) is 1. The lowest BCUT2D eigenvalue weighted by atomic mass is 9.89. The minimum absolute atomic E-state index is 0.00631. The van der Waals surface area contributed by atoms with Gasteiger partial charge in [0.25, 0.3) is 0 Å². The first kappa shape index (κ1) is 20.3. The summed E-state index contributed by atoms with van der Waals surface area (Å²) in [6, 6.07) is 8.54. The Bertz CT molecular complexity index is 939. The van der Waals surface area contributed by atoms with Gasteiger partial charge in [0, 0.05) is 68.3 Å². The number of carbonyl (C=O) groups is 1. The summed E-state index contributed by atoms with van der Waals surface area (Å²) in [4.78, 5) is 15.9. The molecule has 2 N–H and O–H groups in total. The molecule has 3 aliphatic rings. The number of hydrogen-bond donors (Lipinski definition) is 2. The normalized spacial score (nSPS) is 25.8. The molecule has 3 aliphatic heterocycles. The zero-order valence-electron chi connectivity index (χ0n) is 18.0. The Balaban J connectivity index is 1.46. The topological polar surface area (TPSA) is 82.9 Å². The number of nitrogens with one attached hydrogen (secondary N) is 1. The Kier molecular flexibility index (Phi) is 5.58. The maximum atomic E-state index is 11.9. The van der Waals surface area contributed by atoms with E-state index in [0.717, 1.165) is 62.8 Å². The second-order valence-corrected chi connectivity index (χ2v) is 8.80. The molecular weight excluding hydrogens is 394 g/mol. The molecule has 4 heterocycles. The molecule has 3 saturated heterocycles. The molecule has 31 heavy (non-hydrogen) atoms. The van der Waals surface area contributed by atoms with Gasteiger partial charge in [-0.1, -0.05) is 12.1 Å². The first-order valence-corrected chi connectivity index (χ1v) is 11.3. The van der Waals surface area contributed by atoms with Gasteiger partial charge in [0.2, 0.25) is 0 Å². The Morgan fingerprint density at radius 3 is 2.90 bits per heavy atom. The number of carboxylic acid groups (broad SMARTS) is 1. The van der Waals surface area contributed by atoms with Crippen LogP contribution >= 0.6 is 0 Å². The van der Waals surface area contributed by atoms with Gasteiger partial charge in [-0.2, -0.15) is 5.10 Å². The van der Waals surface area contributed by atoms with Gasteiger partial charge in [-0.25, -0.2) is 4.79 Å². The van der Waals surface area contributed by atoms with E-state index in [1.165, 1.54) is 5.69 Å². The van der Waals surface area contributed by atoms with Crippen LogP contribution in [0.15, 0.2) is 30.5 Å². The zero-order chi connectivity index (χ0) is 21.4. The Labute approximate surface area is 182 Å². The number of amides is 1. The van der Waals surface area contributed by atoms with Crippen molar-refractivity contribution in [2.24, 2.45) is 11.8 Å². The van der Waals surface area contributed by atoms with Crippen LogP contribution in [-0.2, 0) is 17.7 Å². The number of morpholine rings is 1. The van der Waals surface area contributed by atoms with Gasteiger partial charge in [0.1, 0.15) is 0 Å². The fourth-order valence-electron chi connectivity index (χ4n) is 5.42. The van der Waals surface area contributed by atoms with Crippen molar-refractivity contribution in [2.45, 2.75) is 25.9 Å². The van der Waals surface area contributed by atoms with E-state index in [-0.39, 0.29) is 6.04 Å². The summed E-state index contributed by atoms with van der Waals surface area (Å²) in [5.74, 6) is 0.782. The fraction of sp³-hybridized carbons (Fsp3) is 0.565. The summed E-state index contributed by atoms with van der Waals surface area (Å²) in [5, 5.41) is 18.1. The lowest BCUT2D eigenvalue weighted by Gasteiger charge is -2.29. The first-order chi connectivity index (χ1) is 15.1. The fourth-order valence-corrected chi connectivity index (χ4v) is 5.42. The molecule has 1 aromatic heterocycles. The van der Waals surface area contributed by atoms with Crippen molar-refractivity contribution in [2.75, 3.05) is 50.8 Å². The summed E-state index contributed by atoms with van der Waals surface area (Å²) >= 11 is 0. The summed E-state index contributed by atoms with van der Waals surface area (Å²) in [6.07, 6.45) is 2.00. The maximum absolute atomic E-state index is 11.9. The molecule has 8 heteroatoms. The summed E-state index contributed by atoms with van der Waals surface area (Å²) in [7, 11) is 0. The number of nitrogens with zero attached hydrogens (tertiary/aromatic N) is 4. The minimum atomic E-state index is -0.807. The van der Waals surface area contributed by atoms with Gasteiger partial charge in [-0.15, -0.1) is 0 Å². The van der Waals surface area contributed by atoms with Crippen LogP contribution in [0.4, 0.5) is 10.5 Å². The average molecular weight is 426 g/mol. The van der Waals surface area contributed by atoms with Crippen molar-refractivity contribution in [1.29, 1.82) is 0 Å². The number of hydrogen-bond acceptors (Lipinski definition) is 5. The van der Waals surface area contributed by atoms with Crippen molar-refractivity contribution in [3.05, 3.63) is 36.0 Å². The highest BCUT2D eigenvalue weighted by molar-refractivity contribution is 5.69. The quantitative estimate of drug-likeness (QED) is 0.764. The molecule has 3 unspecified atom stereocenters. The van der Waals surface area contributed by atoms with Crippen LogP contribution in [0.3, 0.4) is 0 Å². The maximum Gasteiger partial charge on any atom is 0.407 e. The molecule has 2 aromatic rings. The number of aromatic nitrogens is 2. The highest BCUT2D eigenvalue weighted by atomic mass is 16.5. The third kappa shape index (κ3) is 3.90. The number of aryl methyl sites for hydroxylation is 1. The van der Waals surface area contributed by atoms with E-state index in [2.05, 4.69) is 47.6 Å². The smallest absolute Gasteiger partial charge is 0.407 e. The van der Waals surface area contributed by atoms with Gasteiger partial charge in [0.15, 0.2) is 0 Å². The molecule has 3 atom stereocenters. The van der Waals surface area contributed by atoms with Crippen LogP contribution in [0.25, 0.3) is 11.3 Å². The highest BCUT2D eigenvalue weighted by Gasteiger charge is 2.46. The lowest BCUT2D eigenvalue weighted by Crippen LogP contribution is -2.40. The highest BCUT2D eigenvalue weighted by Crippen LogP contribution is 2.36. The number of benzene rings is 1. The number of fused-ring (bicyclic) bond motifs is 1. The molecule has 1 amide bonds. The van der Waals surface area contributed by atoms with Gasteiger partial charge in [0.05, 0.1) is 18.9 Å². The monoisotopic (exact) mass is 425 g/mol. The van der Waals surface area contributed by atoms with Gasteiger partial charge in [-0.3, -0.25) is 4.68 Å². The number of anilines is 1. The van der Waals surface area contributed by atoms with Gasteiger partial charge in [-0.05, 0) is 37.3 Å². The standard InChI is InChI=1S/C23H31N5O3/c1-2-27-14-17(11-21-20-13-24-12-18(20)15-28(21)23(29)30)22(25-27)16-4-3-5-19(10-16)26-6-8-31-9-7-26/h3-5,10,14,18,20-21,24H,2,6-9,11-13,15H2,1H3,(H,29,30). The van der Waals surface area contributed by atoms with E-state index in [9.17, 15) is 9.90 Å². The zero-order valence-corrected chi connectivity index (χ0v) is 18.0. The SMILES string of the molecule is CCn1cc(CC2C3CNCC3CN2C(=O)O)c(-c2cccc(N3CCOCC3)c2)n1. The van der Waals surface area contributed by atoms with E-state index in [1.807, 2.05) is 4.68 Å². The number of ether oxygens (including phenoxy) is 1. The van der Waals surface area contributed by atoms with Crippen LogP contribution in [0.1, 0.15) is 12.5 Å². The van der Waals surface area contributed by atoms with E-state index < -0.39 is 6.09 Å². The van der Waals surface area contributed by atoms with Crippen molar-refractivity contribution < 1.29 is 14.6 Å². The van der Waals surface area contributed by atoms with Gasteiger partial charge < -0.3 is 25.0 Å². The van der Waals surface area contributed by atoms with Crippen LogP contribution < -0.4 is 10.2 Å². The second kappa shape index (κ2) is 8.51. The molecule has 0 saturated carbocycles. The van der Waals surface area contributed by atoms with Crippen molar-refractivity contribution in [3.63, 3.8) is 0 Å².